The van der Waals surface area contributed by atoms with Crippen LogP contribution in [0.4, 0.5) is 0 Å². The molecule has 0 aromatic heterocycles. The minimum Gasteiger partial charge on any atom is -0.370 e. The molecule has 4 N–H and O–H groups in total. The molecular weight excluding hydrogens is 244 g/mol. The van der Waals surface area contributed by atoms with Crippen molar-refractivity contribution in [2.75, 3.05) is 6.61 Å². The van der Waals surface area contributed by atoms with Gasteiger partial charge in [0, 0.05) is 12.3 Å². The first-order valence-corrected chi connectivity index (χ1v) is 6.36. The number of hydrogen-bond donors (Lipinski definition) is 2. The molecule has 1 aromatic carbocycles. The summed E-state index contributed by atoms with van der Waals surface area (Å²) in [6.07, 6.45) is -0.000463. The van der Waals surface area contributed by atoms with Crippen LogP contribution >= 0.6 is 0 Å². The molecular formula is C10H14N2O4S. The standard InChI is InChI=1S/C10H14N2O4S/c11-10(13)6-9(7-16-17(12,14)15)8-4-2-1-3-5-8/h1-5,9H,6-7H2,(H2,11,13)(H2,12,14,15). The molecule has 1 amide bonds. The highest BCUT2D eigenvalue weighted by Gasteiger charge is 2.17. The molecule has 0 saturated heterocycles. The van der Waals surface area contributed by atoms with E-state index in [1.54, 1.807) is 24.3 Å². The maximum Gasteiger partial charge on any atom is 0.333 e. The van der Waals surface area contributed by atoms with E-state index in [1.165, 1.54) is 0 Å². The highest BCUT2D eigenvalue weighted by Crippen LogP contribution is 2.19. The van der Waals surface area contributed by atoms with Gasteiger partial charge in [-0.05, 0) is 5.56 Å². The molecule has 0 fully saturated rings. The summed E-state index contributed by atoms with van der Waals surface area (Å²) in [5.74, 6) is -0.955. The molecule has 6 nitrogen and oxygen atoms in total. The van der Waals surface area contributed by atoms with Gasteiger partial charge in [-0.1, -0.05) is 30.3 Å². The van der Waals surface area contributed by atoms with Gasteiger partial charge in [0.05, 0.1) is 6.61 Å². The Labute approximate surface area is 99.8 Å². The zero-order chi connectivity index (χ0) is 12.9. The van der Waals surface area contributed by atoms with Gasteiger partial charge in [0.1, 0.15) is 0 Å². The van der Waals surface area contributed by atoms with Gasteiger partial charge in [-0.15, -0.1) is 0 Å². The van der Waals surface area contributed by atoms with Crippen molar-refractivity contribution in [3.05, 3.63) is 35.9 Å². The van der Waals surface area contributed by atoms with Crippen LogP contribution in [0.2, 0.25) is 0 Å². The number of carbonyl (C=O) groups is 1. The van der Waals surface area contributed by atoms with E-state index in [4.69, 9.17) is 10.9 Å². The average molecular weight is 258 g/mol. The predicted octanol–water partition coefficient (Wildman–Crippen LogP) is -0.134. The highest BCUT2D eigenvalue weighted by molar-refractivity contribution is 7.84. The Hall–Kier alpha value is -1.44. The molecule has 0 aliphatic heterocycles. The summed E-state index contributed by atoms with van der Waals surface area (Å²) in [6.45, 7) is -0.203. The van der Waals surface area contributed by atoms with Crippen LogP contribution in [0.5, 0.6) is 0 Å². The Morgan fingerprint density at radius 1 is 1.29 bits per heavy atom. The lowest BCUT2D eigenvalue weighted by molar-refractivity contribution is -0.118. The third-order valence-corrected chi connectivity index (χ3v) is 2.62. The Morgan fingerprint density at radius 2 is 1.88 bits per heavy atom. The summed E-state index contributed by atoms with van der Waals surface area (Å²) >= 11 is 0. The van der Waals surface area contributed by atoms with Gasteiger partial charge in [0.25, 0.3) is 0 Å². The zero-order valence-electron chi connectivity index (χ0n) is 9.07. The topological polar surface area (TPSA) is 112 Å². The fraction of sp³-hybridized carbons (Fsp3) is 0.300. The maximum atomic E-state index is 10.9. The van der Waals surface area contributed by atoms with Gasteiger partial charge in [-0.3, -0.25) is 8.98 Å². The lowest BCUT2D eigenvalue weighted by atomic mass is 9.96. The van der Waals surface area contributed by atoms with Gasteiger partial charge in [-0.25, -0.2) is 5.14 Å². The first kappa shape index (κ1) is 13.6. The monoisotopic (exact) mass is 258 g/mol. The van der Waals surface area contributed by atoms with Crippen molar-refractivity contribution in [2.45, 2.75) is 12.3 Å². The van der Waals surface area contributed by atoms with Gasteiger partial charge in [0.15, 0.2) is 0 Å². The second kappa shape index (κ2) is 5.76. The minimum absolute atomic E-state index is 0.000463. The van der Waals surface area contributed by atoms with Crippen molar-refractivity contribution < 1.29 is 17.4 Å². The van der Waals surface area contributed by atoms with Crippen molar-refractivity contribution in [3.63, 3.8) is 0 Å². The molecule has 0 aliphatic rings. The second-order valence-corrected chi connectivity index (χ2v) is 4.78. The Bertz CT molecular complexity index is 472. The molecule has 0 saturated carbocycles. The number of hydrogen-bond acceptors (Lipinski definition) is 4. The second-order valence-electron chi connectivity index (χ2n) is 3.56. The smallest absolute Gasteiger partial charge is 0.333 e. The van der Waals surface area contributed by atoms with Crippen LogP contribution in [-0.4, -0.2) is 20.9 Å². The Kier molecular flexibility index (Phi) is 4.62. The number of primary amides is 1. The highest BCUT2D eigenvalue weighted by atomic mass is 32.2. The molecule has 1 rings (SSSR count). The number of carbonyl (C=O) groups excluding carboxylic acids is 1. The van der Waals surface area contributed by atoms with Crippen molar-refractivity contribution >= 4 is 16.2 Å². The zero-order valence-corrected chi connectivity index (χ0v) is 9.89. The van der Waals surface area contributed by atoms with E-state index >= 15 is 0 Å². The molecule has 94 valence electrons. The summed E-state index contributed by atoms with van der Waals surface area (Å²) in [5, 5.41) is 4.73. The van der Waals surface area contributed by atoms with Crippen LogP contribution in [0.1, 0.15) is 17.9 Å². The number of rotatable bonds is 6. The van der Waals surface area contributed by atoms with Crippen molar-refractivity contribution in [2.24, 2.45) is 10.9 Å². The number of amides is 1. The molecule has 0 spiro atoms. The van der Waals surface area contributed by atoms with Crippen molar-refractivity contribution in [3.8, 4) is 0 Å². The van der Waals surface area contributed by atoms with Crippen LogP contribution < -0.4 is 10.9 Å². The summed E-state index contributed by atoms with van der Waals surface area (Å²) in [4.78, 5) is 10.9. The van der Waals surface area contributed by atoms with E-state index in [2.05, 4.69) is 4.18 Å². The summed E-state index contributed by atoms with van der Waals surface area (Å²) in [6, 6.07) is 8.89. The van der Waals surface area contributed by atoms with E-state index in [9.17, 15) is 13.2 Å². The van der Waals surface area contributed by atoms with Gasteiger partial charge in [-0.2, -0.15) is 8.42 Å². The summed E-state index contributed by atoms with van der Waals surface area (Å²) in [7, 11) is -4.02. The molecule has 0 heterocycles. The SMILES string of the molecule is NC(=O)CC(COS(N)(=O)=O)c1ccccc1. The van der Waals surface area contributed by atoms with Crippen molar-refractivity contribution in [1.29, 1.82) is 0 Å². The maximum absolute atomic E-state index is 10.9. The van der Waals surface area contributed by atoms with Crippen LogP contribution in [-0.2, 0) is 19.3 Å². The van der Waals surface area contributed by atoms with Crippen LogP contribution in [0.25, 0.3) is 0 Å². The van der Waals surface area contributed by atoms with Crippen LogP contribution in [0.15, 0.2) is 30.3 Å². The molecule has 17 heavy (non-hydrogen) atoms. The van der Waals surface area contributed by atoms with E-state index in [0.717, 1.165) is 5.56 Å². The minimum atomic E-state index is -4.02. The predicted molar refractivity (Wildman–Crippen MR) is 62.1 cm³/mol. The van der Waals surface area contributed by atoms with E-state index < -0.39 is 22.1 Å². The van der Waals surface area contributed by atoms with E-state index in [0.29, 0.717) is 0 Å². The first-order chi connectivity index (χ1) is 7.88. The van der Waals surface area contributed by atoms with Gasteiger partial charge < -0.3 is 5.73 Å². The Balaban J connectivity index is 2.78. The average Bonchev–Trinajstić information content (AvgIpc) is 2.24. The summed E-state index contributed by atoms with van der Waals surface area (Å²) < 4.78 is 25.9. The van der Waals surface area contributed by atoms with Crippen molar-refractivity contribution in [1.82, 2.24) is 0 Å². The lowest BCUT2D eigenvalue weighted by Crippen LogP contribution is -2.23. The van der Waals surface area contributed by atoms with E-state index in [1.807, 2.05) is 6.07 Å². The fourth-order valence-corrected chi connectivity index (χ4v) is 1.77. The Morgan fingerprint density at radius 3 is 2.35 bits per heavy atom. The molecule has 1 aromatic rings. The molecule has 7 heteroatoms. The molecule has 1 atom stereocenters. The third kappa shape index (κ3) is 5.43. The van der Waals surface area contributed by atoms with Crippen LogP contribution in [0, 0.1) is 0 Å². The molecule has 1 unspecified atom stereocenters. The summed E-state index contributed by atoms with van der Waals surface area (Å²) in [5.41, 5.74) is 5.87. The number of benzene rings is 1. The van der Waals surface area contributed by atoms with E-state index in [-0.39, 0.29) is 13.0 Å². The van der Waals surface area contributed by atoms with Gasteiger partial charge in [0.2, 0.25) is 5.91 Å². The van der Waals surface area contributed by atoms with Crippen LogP contribution in [0.3, 0.4) is 0 Å². The number of nitrogens with two attached hydrogens (primary N) is 2. The van der Waals surface area contributed by atoms with Gasteiger partial charge >= 0.3 is 10.3 Å². The normalized spacial score (nSPS) is 13.2. The third-order valence-electron chi connectivity index (χ3n) is 2.15. The largest absolute Gasteiger partial charge is 0.370 e. The molecule has 0 aliphatic carbocycles. The quantitative estimate of drug-likeness (QED) is 0.739. The first-order valence-electron chi connectivity index (χ1n) is 4.89. The lowest BCUT2D eigenvalue weighted by Gasteiger charge is -2.14. The molecule has 0 radical (unpaired) electrons. The fourth-order valence-electron chi connectivity index (χ4n) is 1.42. The molecule has 0 bridgehead atoms.